The summed E-state index contributed by atoms with van der Waals surface area (Å²) in [5.41, 5.74) is 1.06. The van der Waals surface area contributed by atoms with Crippen LogP contribution in [0.25, 0.3) is 0 Å². The van der Waals surface area contributed by atoms with E-state index < -0.39 is 21.7 Å². The largest absolute Gasteiger partial charge is 1.00 e. The van der Waals surface area contributed by atoms with Crippen molar-refractivity contribution in [1.82, 2.24) is 9.21 Å². The molecule has 0 saturated carbocycles. The van der Waals surface area contributed by atoms with Crippen LogP contribution in [0.1, 0.15) is 5.56 Å². The summed E-state index contributed by atoms with van der Waals surface area (Å²) in [5, 5.41) is 0.664. The first-order valence-corrected chi connectivity index (χ1v) is 9.60. The zero-order valence-electron chi connectivity index (χ0n) is 13.7. The lowest BCUT2D eigenvalue weighted by molar-refractivity contribution is -0.00000869. The van der Waals surface area contributed by atoms with Gasteiger partial charge in [0.2, 0.25) is 10.0 Å². The van der Waals surface area contributed by atoms with Gasteiger partial charge >= 0.3 is 0 Å². The Morgan fingerprint density at radius 1 is 0.962 bits per heavy atom. The van der Waals surface area contributed by atoms with Crippen LogP contribution in [0.15, 0.2) is 47.4 Å². The zero-order valence-corrected chi connectivity index (χ0v) is 16.0. The average Bonchev–Trinajstić information content (AvgIpc) is 2.58. The highest BCUT2D eigenvalue weighted by molar-refractivity contribution is 7.89. The Morgan fingerprint density at radius 2 is 1.65 bits per heavy atom. The molecule has 0 spiro atoms. The highest BCUT2D eigenvalue weighted by atomic mass is 35.5. The van der Waals surface area contributed by atoms with E-state index in [9.17, 15) is 17.2 Å². The average molecular weight is 422 g/mol. The van der Waals surface area contributed by atoms with Gasteiger partial charge in [-0.15, -0.1) is 0 Å². The molecule has 0 N–H and O–H groups in total. The third kappa shape index (κ3) is 4.72. The van der Waals surface area contributed by atoms with Crippen molar-refractivity contribution in [2.45, 2.75) is 11.4 Å². The molecule has 1 aliphatic heterocycles. The molecule has 0 unspecified atom stereocenters. The first-order chi connectivity index (χ1) is 11.9. The van der Waals surface area contributed by atoms with E-state index in [1.54, 1.807) is 6.07 Å². The molecule has 1 heterocycles. The van der Waals surface area contributed by atoms with E-state index in [-0.39, 0.29) is 17.3 Å². The number of benzene rings is 2. The Morgan fingerprint density at radius 3 is 2.27 bits per heavy atom. The Hall–Kier alpha value is -1.25. The molecule has 4 nitrogen and oxygen atoms in total. The molecule has 3 rings (SSSR count). The molecule has 0 atom stereocenters. The quantitative estimate of drug-likeness (QED) is 0.704. The maximum absolute atomic E-state index is 13.3. The standard InChI is InChI=1S/C17H17ClF2N2O2S.ClH/c18-14-3-1-2-13(10-14)12-21-6-8-22(9-7-21)25(23,24)15-4-5-16(19)17(20)11-15;/h1-5,10-11H,6-9,12H2;1H/p-1. The van der Waals surface area contributed by atoms with E-state index in [1.807, 2.05) is 18.2 Å². The van der Waals surface area contributed by atoms with Crippen LogP contribution in [0.2, 0.25) is 5.02 Å². The molecule has 0 aromatic heterocycles. The van der Waals surface area contributed by atoms with Crippen molar-refractivity contribution in [1.29, 1.82) is 0 Å². The van der Waals surface area contributed by atoms with Crippen LogP contribution in [0.4, 0.5) is 8.78 Å². The van der Waals surface area contributed by atoms with Gasteiger partial charge in [0.25, 0.3) is 0 Å². The van der Waals surface area contributed by atoms with Crippen molar-refractivity contribution in [3.63, 3.8) is 0 Å². The fraction of sp³-hybridized carbons (Fsp3) is 0.294. The Balaban J connectivity index is 0.00000243. The minimum atomic E-state index is -3.83. The van der Waals surface area contributed by atoms with Crippen molar-refractivity contribution in [3.05, 3.63) is 64.7 Å². The number of piperazine rings is 1. The fourth-order valence-electron chi connectivity index (χ4n) is 2.81. The summed E-state index contributed by atoms with van der Waals surface area (Å²) in [5.74, 6) is -2.23. The van der Waals surface area contributed by atoms with Crippen molar-refractivity contribution >= 4 is 21.6 Å². The molecule has 2 aromatic rings. The van der Waals surface area contributed by atoms with Crippen LogP contribution >= 0.6 is 11.6 Å². The maximum atomic E-state index is 13.3. The van der Waals surface area contributed by atoms with Crippen molar-refractivity contribution in [2.75, 3.05) is 26.2 Å². The van der Waals surface area contributed by atoms with Crippen LogP contribution in [-0.4, -0.2) is 43.8 Å². The molecule has 1 saturated heterocycles. The number of hydrogen-bond acceptors (Lipinski definition) is 3. The van der Waals surface area contributed by atoms with E-state index >= 15 is 0 Å². The predicted molar refractivity (Wildman–Crippen MR) is 91.8 cm³/mol. The SMILES string of the molecule is O=S(=O)(c1ccc(F)c(F)c1)N1CCN(Cc2cccc(Cl)c2)CC1.[Cl-]. The smallest absolute Gasteiger partial charge is 0.243 e. The highest BCUT2D eigenvalue weighted by Gasteiger charge is 2.29. The number of hydrogen-bond donors (Lipinski definition) is 0. The normalized spacial score (nSPS) is 16.3. The molecular formula is C17H17Cl2F2N2O2S-. The second-order valence-corrected chi connectivity index (χ2v) is 8.26. The zero-order chi connectivity index (χ0) is 18.0. The highest BCUT2D eigenvalue weighted by Crippen LogP contribution is 2.21. The molecule has 26 heavy (non-hydrogen) atoms. The summed E-state index contributed by atoms with van der Waals surface area (Å²) in [7, 11) is -3.83. The molecule has 2 aromatic carbocycles. The topological polar surface area (TPSA) is 40.6 Å². The van der Waals surface area contributed by atoms with Gasteiger partial charge in [-0.3, -0.25) is 4.90 Å². The van der Waals surface area contributed by atoms with E-state index in [0.717, 1.165) is 23.8 Å². The van der Waals surface area contributed by atoms with Gasteiger partial charge in [-0.2, -0.15) is 4.31 Å². The lowest BCUT2D eigenvalue weighted by Crippen LogP contribution is -3.00. The summed E-state index contributed by atoms with van der Waals surface area (Å²) >= 11 is 5.97. The fourth-order valence-corrected chi connectivity index (χ4v) is 4.46. The Kier molecular flexibility index (Phi) is 6.99. The Labute approximate surface area is 162 Å². The van der Waals surface area contributed by atoms with E-state index in [4.69, 9.17) is 11.6 Å². The minimum absolute atomic E-state index is 0. The monoisotopic (exact) mass is 421 g/mol. The number of nitrogens with zero attached hydrogens (tertiary/aromatic N) is 2. The Bertz CT molecular complexity index is 873. The molecule has 0 bridgehead atoms. The van der Waals surface area contributed by atoms with E-state index in [1.165, 1.54) is 4.31 Å². The third-order valence-electron chi connectivity index (χ3n) is 4.16. The first kappa shape index (κ1) is 21.1. The van der Waals surface area contributed by atoms with Crippen molar-refractivity contribution < 1.29 is 29.6 Å². The molecule has 0 radical (unpaired) electrons. The minimum Gasteiger partial charge on any atom is -1.00 e. The summed E-state index contributed by atoms with van der Waals surface area (Å²) < 4.78 is 52.8. The van der Waals surface area contributed by atoms with Gasteiger partial charge in [0.1, 0.15) is 0 Å². The molecule has 1 aliphatic rings. The summed E-state index contributed by atoms with van der Waals surface area (Å²) in [6, 6.07) is 10.2. The van der Waals surface area contributed by atoms with Gasteiger partial charge in [-0.05, 0) is 35.9 Å². The molecule has 1 fully saturated rings. The summed E-state index contributed by atoms with van der Waals surface area (Å²) in [6.45, 7) is 2.37. The van der Waals surface area contributed by atoms with Crippen LogP contribution in [0.3, 0.4) is 0 Å². The van der Waals surface area contributed by atoms with E-state index in [0.29, 0.717) is 37.7 Å². The first-order valence-electron chi connectivity index (χ1n) is 7.78. The summed E-state index contributed by atoms with van der Waals surface area (Å²) in [4.78, 5) is 1.90. The van der Waals surface area contributed by atoms with Gasteiger partial charge < -0.3 is 12.4 Å². The van der Waals surface area contributed by atoms with Crippen LogP contribution in [0, 0.1) is 11.6 Å². The lowest BCUT2D eigenvalue weighted by Gasteiger charge is -2.34. The van der Waals surface area contributed by atoms with Crippen molar-refractivity contribution in [3.8, 4) is 0 Å². The van der Waals surface area contributed by atoms with Crippen LogP contribution in [-0.2, 0) is 16.6 Å². The molecule has 0 aliphatic carbocycles. The molecule has 0 amide bonds. The maximum Gasteiger partial charge on any atom is 0.243 e. The third-order valence-corrected chi connectivity index (χ3v) is 6.29. The van der Waals surface area contributed by atoms with E-state index in [2.05, 4.69) is 4.90 Å². The second kappa shape index (κ2) is 8.63. The lowest BCUT2D eigenvalue weighted by atomic mass is 10.2. The van der Waals surface area contributed by atoms with Crippen molar-refractivity contribution in [2.24, 2.45) is 0 Å². The van der Waals surface area contributed by atoms with Crippen LogP contribution < -0.4 is 12.4 Å². The molecular weight excluding hydrogens is 405 g/mol. The predicted octanol–water partition coefficient (Wildman–Crippen LogP) is 0.129. The van der Waals surface area contributed by atoms with Gasteiger partial charge in [0.05, 0.1) is 4.90 Å². The molecule has 142 valence electrons. The van der Waals surface area contributed by atoms with Gasteiger partial charge in [-0.25, -0.2) is 17.2 Å². The molecule has 9 heteroatoms. The van der Waals surface area contributed by atoms with Gasteiger partial charge in [0, 0.05) is 37.7 Å². The van der Waals surface area contributed by atoms with Gasteiger partial charge in [-0.1, -0.05) is 23.7 Å². The summed E-state index contributed by atoms with van der Waals surface area (Å²) in [6.07, 6.45) is 0. The van der Waals surface area contributed by atoms with Gasteiger partial charge in [0.15, 0.2) is 11.6 Å². The number of sulfonamides is 1. The number of rotatable bonds is 4. The van der Waals surface area contributed by atoms with Crippen LogP contribution in [0.5, 0.6) is 0 Å². The number of halogens is 4. The second-order valence-electron chi connectivity index (χ2n) is 5.89.